The lowest BCUT2D eigenvalue weighted by molar-refractivity contribution is -0.130. The van der Waals surface area contributed by atoms with E-state index in [1.807, 2.05) is 0 Å². The van der Waals surface area contributed by atoms with E-state index in [1.54, 1.807) is 6.92 Å². The van der Waals surface area contributed by atoms with Gasteiger partial charge in [-0.25, -0.2) is 0 Å². The van der Waals surface area contributed by atoms with Crippen LogP contribution in [0.4, 0.5) is 0 Å². The Morgan fingerprint density at radius 2 is 1.94 bits per heavy atom. The van der Waals surface area contributed by atoms with Crippen molar-refractivity contribution in [3.63, 3.8) is 0 Å². The maximum absolute atomic E-state index is 11.7. The summed E-state index contributed by atoms with van der Waals surface area (Å²) in [6.45, 7) is 5.86. The van der Waals surface area contributed by atoms with Crippen LogP contribution in [0.1, 0.15) is 37.4 Å². The van der Waals surface area contributed by atoms with Crippen molar-refractivity contribution in [2.24, 2.45) is 0 Å². The largest absolute Gasteiger partial charge is 0.372 e. The van der Waals surface area contributed by atoms with Crippen molar-refractivity contribution in [1.82, 2.24) is 5.32 Å². The molecule has 0 radical (unpaired) electrons. The molecule has 0 saturated carbocycles. The molecule has 0 aliphatic carbocycles. The van der Waals surface area contributed by atoms with Gasteiger partial charge in [0.25, 0.3) is 0 Å². The van der Waals surface area contributed by atoms with E-state index in [0.717, 1.165) is 12.0 Å². The van der Waals surface area contributed by atoms with Gasteiger partial charge >= 0.3 is 0 Å². The van der Waals surface area contributed by atoms with Crippen molar-refractivity contribution in [3.05, 3.63) is 35.4 Å². The number of amides is 1. The van der Waals surface area contributed by atoms with E-state index in [4.69, 9.17) is 4.74 Å². The number of benzene rings is 1. The molecule has 1 N–H and O–H groups in total. The highest BCUT2D eigenvalue weighted by molar-refractivity contribution is 5.80. The van der Waals surface area contributed by atoms with Crippen molar-refractivity contribution >= 4 is 5.91 Å². The average molecular weight is 235 g/mol. The Hall–Kier alpha value is -1.35. The molecule has 0 bridgehead atoms. The van der Waals surface area contributed by atoms with Crippen LogP contribution in [0.15, 0.2) is 24.3 Å². The molecule has 3 nitrogen and oxygen atoms in total. The highest BCUT2D eigenvalue weighted by Crippen LogP contribution is 2.17. The van der Waals surface area contributed by atoms with Gasteiger partial charge in [-0.15, -0.1) is 0 Å². The Kier molecular flexibility index (Phi) is 5.16. The summed E-state index contributed by atoms with van der Waals surface area (Å²) in [4.78, 5) is 11.7. The zero-order valence-electron chi connectivity index (χ0n) is 11.0. The van der Waals surface area contributed by atoms with Crippen LogP contribution in [0.2, 0.25) is 0 Å². The Bertz CT molecular complexity index is 359. The lowest BCUT2D eigenvalue weighted by Crippen LogP contribution is -2.36. The molecule has 2 atom stereocenters. The highest BCUT2D eigenvalue weighted by atomic mass is 16.5. The normalized spacial score (nSPS) is 14.1. The summed E-state index contributed by atoms with van der Waals surface area (Å²) in [5.74, 6) is -0.0695. The fraction of sp³-hybridized carbons (Fsp3) is 0.500. The average Bonchev–Trinajstić information content (AvgIpc) is 2.35. The van der Waals surface area contributed by atoms with Crippen molar-refractivity contribution in [3.8, 4) is 0 Å². The summed E-state index contributed by atoms with van der Waals surface area (Å²) in [6.07, 6.45) is 0.458. The van der Waals surface area contributed by atoms with Gasteiger partial charge in [0.1, 0.15) is 6.10 Å². The first-order valence-corrected chi connectivity index (χ1v) is 5.98. The maximum Gasteiger partial charge on any atom is 0.249 e. The number of aryl methyl sites for hydroxylation is 1. The van der Waals surface area contributed by atoms with Crippen LogP contribution < -0.4 is 5.32 Å². The topological polar surface area (TPSA) is 38.3 Å². The van der Waals surface area contributed by atoms with Gasteiger partial charge in [-0.3, -0.25) is 4.79 Å². The molecule has 17 heavy (non-hydrogen) atoms. The summed E-state index contributed by atoms with van der Waals surface area (Å²) >= 11 is 0. The molecule has 0 fully saturated rings. The van der Waals surface area contributed by atoms with Gasteiger partial charge in [-0.2, -0.15) is 0 Å². The molecule has 0 aliphatic heterocycles. The van der Waals surface area contributed by atoms with E-state index < -0.39 is 6.10 Å². The molecule has 1 aromatic rings. The smallest absolute Gasteiger partial charge is 0.249 e. The fourth-order valence-electron chi connectivity index (χ4n) is 1.62. The number of methoxy groups -OCH3 is 1. The number of carbonyl (C=O) groups excluding carboxylic acids is 1. The van der Waals surface area contributed by atoms with Crippen LogP contribution in [0.3, 0.4) is 0 Å². The molecule has 1 amide bonds. The van der Waals surface area contributed by atoms with Crippen LogP contribution in [0.25, 0.3) is 0 Å². The lowest BCUT2D eigenvalue weighted by Gasteiger charge is -2.19. The molecular formula is C14H21NO2. The van der Waals surface area contributed by atoms with Crippen LogP contribution in [0, 0.1) is 6.92 Å². The van der Waals surface area contributed by atoms with Crippen molar-refractivity contribution < 1.29 is 9.53 Å². The minimum Gasteiger partial charge on any atom is -0.372 e. The third-order valence-electron chi connectivity index (χ3n) is 2.93. The number of nitrogens with one attached hydrogen (secondary N) is 1. The van der Waals surface area contributed by atoms with Crippen molar-refractivity contribution in [2.75, 3.05) is 7.11 Å². The molecule has 0 spiro atoms. The van der Waals surface area contributed by atoms with E-state index in [2.05, 4.69) is 43.4 Å². The number of carbonyl (C=O) groups is 1. The van der Waals surface area contributed by atoms with Gasteiger partial charge in [-0.1, -0.05) is 36.8 Å². The number of rotatable bonds is 5. The van der Waals surface area contributed by atoms with E-state index in [9.17, 15) is 4.79 Å². The maximum atomic E-state index is 11.7. The predicted octanol–water partition coefficient (Wildman–Crippen LogP) is 2.60. The monoisotopic (exact) mass is 235 g/mol. The minimum absolute atomic E-state index is 0.0562. The van der Waals surface area contributed by atoms with E-state index in [0.29, 0.717) is 0 Å². The second-order valence-electron chi connectivity index (χ2n) is 4.26. The van der Waals surface area contributed by atoms with E-state index in [-0.39, 0.29) is 11.9 Å². The molecule has 0 aromatic heterocycles. The Labute approximate surface area is 103 Å². The zero-order chi connectivity index (χ0) is 12.8. The van der Waals surface area contributed by atoms with Gasteiger partial charge in [0.05, 0.1) is 6.04 Å². The molecule has 94 valence electrons. The quantitative estimate of drug-likeness (QED) is 0.852. The summed E-state index contributed by atoms with van der Waals surface area (Å²) in [6, 6.07) is 8.29. The molecule has 0 heterocycles. The molecule has 0 aliphatic rings. The molecule has 1 aromatic carbocycles. The summed E-state index contributed by atoms with van der Waals surface area (Å²) in [5, 5.41) is 2.99. The Morgan fingerprint density at radius 3 is 2.41 bits per heavy atom. The fourth-order valence-corrected chi connectivity index (χ4v) is 1.62. The molecular weight excluding hydrogens is 214 g/mol. The van der Waals surface area contributed by atoms with Gasteiger partial charge in [0.2, 0.25) is 5.91 Å². The van der Waals surface area contributed by atoms with Crippen LogP contribution in [-0.2, 0) is 9.53 Å². The summed E-state index contributed by atoms with van der Waals surface area (Å²) < 4.78 is 5.00. The third kappa shape index (κ3) is 3.86. The predicted molar refractivity (Wildman–Crippen MR) is 68.8 cm³/mol. The van der Waals surface area contributed by atoms with Gasteiger partial charge in [-0.05, 0) is 25.8 Å². The first-order valence-electron chi connectivity index (χ1n) is 5.98. The third-order valence-corrected chi connectivity index (χ3v) is 2.93. The first-order chi connectivity index (χ1) is 8.08. The van der Waals surface area contributed by atoms with Gasteiger partial charge < -0.3 is 10.1 Å². The lowest BCUT2D eigenvalue weighted by atomic mass is 10.0. The van der Waals surface area contributed by atoms with Crippen molar-refractivity contribution in [1.29, 1.82) is 0 Å². The first kappa shape index (κ1) is 13.7. The Morgan fingerprint density at radius 1 is 1.35 bits per heavy atom. The number of hydrogen-bond donors (Lipinski definition) is 1. The molecule has 3 heteroatoms. The van der Waals surface area contributed by atoms with Crippen LogP contribution in [0.5, 0.6) is 0 Å². The molecule has 1 rings (SSSR count). The summed E-state index contributed by atoms with van der Waals surface area (Å²) in [7, 11) is 1.54. The van der Waals surface area contributed by atoms with Crippen LogP contribution in [-0.4, -0.2) is 19.1 Å². The highest BCUT2D eigenvalue weighted by Gasteiger charge is 2.17. The molecule has 2 unspecified atom stereocenters. The second-order valence-corrected chi connectivity index (χ2v) is 4.26. The van der Waals surface area contributed by atoms with Crippen molar-refractivity contribution in [2.45, 2.75) is 39.3 Å². The number of ether oxygens (including phenoxy) is 1. The molecule has 0 saturated heterocycles. The SMILES string of the molecule is CCC(NC(=O)C(C)OC)c1ccc(C)cc1. The standard InChI is InChI=1S/C14H21NO2/c1-5-13(15-14(16)11(3)17-4)12-8-6-10(2)7-9-12/h6-9,11,13H,5H2,1-4H3,(H,15,16). The Balaban J connectivity index is 2.72. The number of hydrogen-bond acceptors (Lipinski definition) is 2. The minimum atomic E-state index is -0.408. The van der Waals surface area contributed by atoms with E-state index in [1.165, 1.54) is 12.7 Å². The van der Waals surface area contributed by atoms with Gasteiger partial charge in [0.15, 0.2) is 0 Å². The zero-order valence-corrected chi connectivity index (χ0v) is 11.0. The van der Waals surface area contributed by atoms with E-state index >= 15 is 0 Å². The second kappa shape index (κ2) is 6.40. The summed E-state index contributed by atoms with van der Waals surface area (Å²) in [5.41, 5.74) is 2.36. The van der Waals surface area contributed by atoms with Gasteiger partial charge in [0, 0.05) is 7.11 Å². The van der Waals surface area contributed by atoms with Crippen LogP contribution >= 0.6 is 0 Å².